The maximum absolute atomic E-state index is 9.76. The minimum atomic E-state index is -1.00. The zero-order chi connectivity index (χ0) is 16.7. The summed E-state index contributed by atoms with van der Waals surface area (Å²) in [6.07, 6.45) is 2.40. The van der Waals surface area contributed by atoms with Crippen LogP contribution in [0, 0.1) is 0 Å². The predicted molar refractivity (Wildman–Crippen MR) is 94.0 cm³/mol. The highest BCUT2D eigenvalue weighted by Gasteiger charge is 2.20. The predicted octanol–water partition coefficient (Wildman–Crippen LogP) is 3.08. The summed E-state index contributed by atoms with van der Waals surface area (Å²) < 4.78 is 6.02. The van der Waals surface area contributed by atoms with E-state index in [0.717, 1.165) is 18.6 Å². The van der Waals surface area contributed by atoms with Gasteiger partial charge in [0.25, 0.3) is 0 Å². The molecule has 0 saturated carbocycles. The fourth-order valence-electron chi connectivity index (χ4n) is 2.30. The monoisotopic (exact) mass is 331 g/mol. The van der Waals surface area contributed by atoms with Crippen LogP contribution in [0.5, 0.6) is 5.75 Å². The molecule has 0 spiro atoms. The van der Waals surface area contributed by atoms with E-state index in [-0.39, 0.29) is 11.9 Å². The average molecular weight is 331 g/mol. The fourth-order valence-corrected chi connectivity index (χ4v) is 2.46. The summed E-state index contributed by atoms with van der Waals surface area (Å²) in [4.78, 5) is 9.76. The summed E-state index contributed by atoms with van der Waals surface area (Å²) >= 11 is 3.65. The van der Waals surface area contributed by atoms with Gasteiger partial charge in [-0.1, -0.05) is 48.5 Å². The third-order valence-electron chi connectivity index (χ3n) is 3.60. The molecule has 2 aromatic rings. The van der Waals surface area contributed by atoms with E-state index in [4.69, 9.17) is 15.6 Å². The normalized spacial score (nSPS) is 17.0. The number of hydrogen-bond acceptors (Lipinski definition) is 4. The Labute approximate surface area is 141 Å². The van der Waals surface area contributed by atoms with Crippen LogP contribution in [-0.4, -0.2) is 22.9 Å². The van der Waals surface area contributed by atoms with Crippen LogP contribution >= 0.6 is 12.6 Å². The van der Waals surface area contributed by atoms with Gasteiger partial charge in [0.1, 0.15) is 17.9 Å². The smallest absolute Gasteiger partial charge is 0.321 e. The van der Waals surface area contributed by atoms with Crippen molar-refractivity contribution >= 4 is 18.6 Å². The second-order valence-electron chi connectivity index (χ2n) is 5.29. The van der Waals surface area contributed by atoms with Gasteiger partial charge in [-0.15, -0.1) is 0 Å². The first kappa shape index (κ1) is 17.4. The van der Waals surface area contributed by atoms with Crippen LogP contribution in [-0.2, 0) is 11.2 Å². The summed E-state index contributed by atoms with van der Waals surface area (Å²) in [6, 6.07) is 18.0. The molecule has 2 unspecified atom stereocenters. The molecule has 5 heteroatoms. The standard InChI is InChI=1S/C15H14O.C3H7NO2S/c1-2-6-12(7-3-1)15-11-10-13-8-4-5-9-14(13)16-15;4-2(1-7)3(5)6/h1-9,15H,10-11H2;2,7H,1,4H2,(H,5,6). The molecule has 0 saturated heterocycles. The SMILES string of the molecule is NC(CS)C(=O)O.c1ccc(C2CCc3ccccc3O2)cc1. The number of aliphatic carboxylic acids is 1. The second-order valence-corrected chi connectivity index (χ2v) is 5.66. The molecule has 2 aromatic carbocycles. The summed E-state index contributed by atoms with van der Waals surface area (Å²) in [5.74, 6) is 0.229. The lowest BCUT2D eigenvalue weighted by Gasteiger charge is -2.26. The Morgan fingerprint density at radius 1 is 1.22 bits per heavy atom. The van der Waals surface area contributed by atoms with Crippen molar-refractivity contribution < 1.29 is 14.6 Å². The van der Waals surface area contributed by atoms with Gasteiger partial charge in [0.05, 0.1) is 0 Å². The largest absolute Gasteiger partial charge is 0.485 e. The molecule has 0 fully saturated rings. The number of benzene rings is 2. The molecule has 3 N–H and O–H groups in total. The van der Waals surface area contributed by atoms with Crippen LogP contribution < -0.4 is 10.5 Å². The molecule has 0 bridgehead atoms. The minimum absolute atomic E-state index is 0.190. The van der Waals surface area contributed by atoms with E-state index >= 15 is 0 Å². The Hall–Kier alpha value is -1.98. The number of carboxylic acid groups (broad SMARTS) is 1. The summed E-state index contributed by atoms with van der Waals surface area (Å²) in [5.41, 5.74) is 7.54. The zero-order valence-corrected chi connectivity index (χ0v) is 13.7. The van der Waals surface area contributed by atoms with E-state index in [0.29, 0.717) is 0 Å². The van der Waals surface area contributed by atoms with Gasteiger partial charge >= 0.3 is 5.97 Å². The van der Waals surface area contributed by atoms with Crippen LogP contribution in [0.4, 0.5) is 0 Å². The lowest BCUT2D eigenvalue weighted by Crippen LogP contribution is -2.31. The van der Waals surface area contributed by atoms with E-state index in [9.17, 15) is 4.79 Å². The lowest BCUT2D eigenvalue weighted by molar-refractivity contribution is -0.137. The number of nitrogens with two attached hydrogens (primary N) is 1. The Bertz CT molecular complexity index is 633. The number of aryl methyl sites for hydroxylation is 1. The number of hydrogen-bond donors (Lipinski definition) is 3. The summed E-state index contributed by atoms with van der Waals surface area (Å²) in [7, 11) is 0. The van der Waals surface area contributed by atoms with Gasteiger partial charge in [-0.3, -0.25) is 4.79 Å². The molecule has 0 radical (unpaired) electrons. The van der Waals surface area contributed by atoms with E-state index in [1.54, 1.807) is 0 Å². The third kappa shape index (κ3) is 5.01. The van der Waals surface area contributed by atoms with Crippen molar-refractivity contribution in [2.75, 3.05) is 5.75 Å². The molecule has 1 heterocycles. The number of fused-ring (bicyclic) bond motifs is 1. The minimum Gasteiger partial charge on any atom is -0.485 e. The van der Waals surface area contributed by atoms with Crippen molar-refractivity contribution in [2.45, 2.75) is 25.0 Å². The van der Waals surface area contributed by atoms with Crippen molar-refractivity contribution in [1.82, 2.24) is 0 Å². The number of carbonyl (C=O) groups is 1. The quantitative estimate of drug-likeness (QED) is 0.756. The highest BCUT2D eigenvalue weighted by Crippen LogP contribution is 2.34. The fraction of sp³-hybridized carbons (Fsp3) is 0.278. The molecular weight excluding hydrogens is 310 g/mol. The third-order valence-corrected chi connectivity index (χ3v) is 4.00. The van der Waals surface area contributed by atoms with Crippen LogP contribution in [0.15, 0.2) is 54.6 Å². The molecule has 0 amide bonds. The molecular formula is C18H21NO3S. The maximum atomic E-state index is 9.76. The Kier molecular flexibility index (Phi) is 6.50. The topological polar surface area (TPSA) is 72.6 Å². The van der Waals surface area contributed by atoms with Crippen molar-refractivity contribution in [2.24, 2.45) is 5.73 Å². The Morgan fingerprint density at radius 2 is 1.87 bits per heavy atom. The Morgan fingerprint density at radius 3 is 2.48 bits per heavy atom. The van der Waals surface area contributed by atoms with Crippen molar-refractivity contribution in [3.8, 4) is 5.75 Å². The average Bonchev–Trinajstić information content (AvgIpc) is 2.61. The highest BCUT2D eigenvalue weighted by molar-refractivity contribution is 7.80. The second kappa shape index (κ2) is 8.60. The van der Waals surface area contributed by atoms with Gasteiger partial charge in [-0.05, 0) is 30.0 Å². The maximum Gasteiger partial charge on any atom is 0.321 e. The molecule has 1 aliphatic heterocycles. The highest BCUT2D eigenvalue weighted by atomic mass is 32.1. The first-order chi connectivity index (χ1) is 11.1. The lowest BCUT2D eigenvalue weighted by atomic mass is 9.98. The van der Waals surface area contributed by atoms with E-state index in [2.05, 4.69) is 55.1 Å². The Balaban J connectivity index is 0.000000236. The van der Waals surface area contributed by atoms with E-state index in [1.165, 1.54) is 11.1 Å². The van der Waals surface area contributed by atoms with Crippen LogP contribution in [0.1, 0.15) is 23.7 Å². The zero-order valence-electron chi connectivity index (χ0n) is 12.8. The van der Waals surface area contributed by atoms with E-state index in [1.807, 2.05) is 12.1 Å². The van der Waals surface area contributed by atoms with Gasteiger partial charge in [0.15, 0.2) is 0 Å². The van der Waals surface area contributed by atoms with Gasteiger partial charge in [0, 0.05) is 5.75 Å². The first-order valence-corrected chi connectivity index (χ1v) is 8.14. The first-order valence-electron chi connectivity index (χ1n) is 7.50. The molecule has 3 rings (SSSR count). The van der Waals surface area contributed by atoms with Crippen LogP contribution in [0.25, 0.3) is 0 Å². The molecule has 122 valence electrons. The van der Waals surface area contributed by atoms with Crippen molar-refractivity contribution in [3.63, 3.8) is 0 Å². The number of carboxylic acids is 1. The van der Waals surface area contributed by atoms with Crippen LogP contribution in [0.2, 0.25) is 0 Å². The number of thiol groups is 1. The summed E-state index contributed by atoms with van der Waals surface area (Å²) in [5, 5.41) is 8.01. The molecule has 1 aliphatic rings. The molecule has 2 atom stereocenters. The van der Waals surface area contributed by atoms with Crippen LogP contribution in [0.3, 0.4) is 0 Å². The van der Waals surface area contributed by atoms with Crippen molar-refractivity contribution in [1.29, 1.82) is 0 Å². The van der Waals surface area contributed by atoms with Gasteiger partial charge in [-0.2, -0.15) is 12.6 Å². The molecule has 0 aliphatic carbocycles. The van der Waals surface area contributed by atoms with E-state index < -0.39 is 12.0 Å². The van der Waals surface area contributed by atoms with Gasteiger partial charge < -0.3 is 15.6 Å². The summed E-state index contributed by atoms with van der Waals surface area (Å²) in [6.45, 7) is 0. The number of ether oxygens (including phenoxy) is 1. The molecule has 0 aromatic heterocycles. The number of para-hydroxylation sites is 1. The van der Waals surface area contributed by atoms with Gasteiger partial charge in [-0.25, -0.2) is 0 Å². The van der Waals surface area contributed by atoms with Crippen molar-refractivity contribution in [3.05, 3.63) is 65.7 Å². The molecule has 4 nitrogen and oxygen atoms in total. The number of rotatable bonds is 3. The molecule has 23 heavy (non-hydrogen) atoms. The van der Waals surface area contributed by atoms with Gasteiger partial charge in [0.2, 0.25) is 0 Å².